The Labute approximate surface area is 329 Å². The number of halogens is 5. The lowest BCUT2D eigenvalue weighted by Crippen LogP contribution is -2.50. The van der Waals surface area contributed by atoms with Crippen LogP contribution in [0.2, 0.25) is 0 Å². The van der Waals surface area contributed by atoms with Crippen LogP contribution < -0.4 is 4.90 Å². The molecule has 0 spiro atoms. The number of carbonyl (C=O) groups is 1. The van der Waals surface area contributed by atoms with E-state index in [9.17, 15) is 29.5 Å². The van der Waals surface area contributed by atoms with Crippen molar-refractivity contribution in [3.63, 3.8) is 0 Å². The van der Waals surface area contributed by atoms with Crippen LogP contribution in [0, 0.1) is 11.6 Å². The molecule has 2 aliphatic heterocycles. The van der Waals surface area contributed by atoms with Gasteiger partial charge in [0.05, 0.1) is 25.4 Å². The number of aliphatic hydroxyl groups excluding tert-OH is 1. The molecule has 4 aromatic rings. The molecule has 52 heavy (non-hydrogen) atoms. The van der Waals surface area contributed by atoms with E-state index in [-0.39, 0.29) is 44.6 Å². The molecule has 6 nitrogen and oxygen atoms in total. The van der Waals surface area contributed by atoms with E-state index in [1.807, 2.05) is 0 Å². The molecular formula is C40H40F5N3O3S. The van der Waals surface area contributed by atoms with Crippen molar-refractivity contribution in [2.75, 3.05) is 44.5 Å². The number of nitrogens with zero attached hydrogens (tertiary/aromatic N) is 3. The van der Waals surface area contributed by atoms with Gasteiger partial charge in [0.2, 0.25) is 5.91 Å². The van der Waals surface area contributed by atoms with E-state index in [1.165, 1.54) is 48.5 Å². The predicted octanol–water partition coefficient (Wildman–Crippen LogP) is 8.42. The van der Waals surface area contributed by atoms with E-state index >= 15 is 9.18 Å². The number of alkyl halides is 3. The number of thioether (sulfide) groups is 1. The molecule has 1 amide bonds. The van der Waals surface area contributed by atoms with Crippen LogP contribution in [0.25, 0.3) is 11.1 Å². The van der Waals surface area contributed by atoms with Gasteiger partial charge in [0, 0.05) is 78.1 Å². The van der Waals surface area contributed by atoms with Gasteiger partial charge in [-0.3, -0.25) is 4.79 Å². The minimum atomic E-state index is -4.67. The summed E-state index contributed by atoms with van der Waals surface area (Å²) in [5.41, 5.74) is -4.37. The lowest BCUT2D eigenvalue weighted by atomic mass is 9.99. The maximum Gasteiger partial charge on any atom is 0.416 e. The number of benzene rings is 4. The van der Waals surface area contributed by atoms with Crippen LogP contribution in [-0.2, 0) is 28.0 Å². The summed E-state index contributed by atoms with van der Waals surface area (Å²) in [4.78, 5) is 15.4. The lowest BCUT2D eigenvalue weighted by molar-refractivity contribution is -0.137. The molecule has 274 valence electrons. The summed E-state index contributed by atoms with van der Waals surface area (Å²) in [5, 5.41) is 10.8. The first-order valence-electron chi connectivity index (χ1n) is 24.3. The highest BCUT2D eigenvalue weighted by Gasteiger charge is 2.33. The number of aliphatic hydroxyl groups is 1. The van der Waals surface area contributed by atoms with E-state index in [4.69, 9.17) is 17.8 Å². The molecule has 0 saturated carbocycles. The predicted molar refractivity (Wildman–Crippen MR) is 193 cm³/mol. The molecule has 2 aliphatic rings. The highest BCUT2D eigenvalue weighted by molar-refractivity contribution is 8.02. The Balaban J connectivity index is 1.52. The lowest BCUT2D eigenvalue weighted by Gasteiger charge is -2.40. The van der Waals surface area contributed by atoms with Gasteiger partial charge in [0.25, 0.3) is 0 Å². The van der Waals surface area contributed by atoms with E-state index in [0.717, 1.165) is 53.4 Å². The van der Waals surface area contributed by atoms with Gasteiger partial charge in [-0.15, -0.1) is 11.8 Å². The largest absolute Gasteiger partial charge is 0.416 e. The van der Waals surface area contributed by atoms with Crippen molar-refractivity contribution in [1.82, 2.24) is 9.80 Å². The maximum absolute atomic E-state index is 15.2. The van der Waals surface area contributed by atoms with E-state index in [0.29, 0.717) is 0 Å². The van der Waals surface area contributed by atoms with E-state index < -0.39 is 122 Å². The van der Waals surface area contributed by atoms with Crippen LogP contribution in [0.15, 0.2) is 102 Å². The third-order valence-corrected chi connectivity index (χ3v) is 8.70. The monoisotopic (exact) mass is 755 g/mol. The molecule has 0 bridgehead atoms. The molecule has 0 aromatic heterocycles. The number of piperidine rings is 1. The summed E-state index contributed by atoms with van der Waals surface area (Å²) in [6.07, 6.45) is -14.0. The SMILES string of the molecule is [2H]C([2H])([2H])OC([2H])([2H])C([2H])([2H])N1C([2H])([2H])C([2H])([2H])C([2H])(N(Cc2ccc(-c3ccc(C(F)(F)F)cc3)cc2)C(=O)CN2C(SC([2H])([2H])c3cccc(F)c3F)=CC(O)c3ccccc32)C([2H])([2H])C1([2H])[2H]. The molecule has 1 atom stereocenters. The van der Waals surface area contributed by atoms with E-state index in [2.05, 4.69) is 4.74 Å². The number of methoxy groups -OCH3 is 1. The first kappa shape index (κ1) is 20.9. The minimum absolute atomic E-state index is 0.0468. The molecule has 1 saturated heterocycles. The first-order chi connectivity index (χ1) is 31.8. The first-order valence-corrected chi connectivity index (χ1v) is 16.1. The Morgan fingerprint density at radius 2 is 1.71 bits per heavy atom. The molecule has 1 unspecified atom stereocenters. The van der Waals surface area contributed by atoms with Crippen LogP contribution in [0.1, 0.15) is 65.8 Å². The Bertz CT molecular complexity index is 2630. The summed E-state index contributed by atoms with van der Waals surface area (Å²) in [6, 6.07) is 12.8. The maximum atomic E-state index is 15.2. The number of amides is 1. The average Bonchev–Trinajstić information content (AvgIpc) is 3.22. The van der Waals surface area contributed by atoms with Crippen LogP contribution in [0.5, 0.6) is 0 Å². The van der Waals surface area contributed by atoms with Gasteiger partial charge in [-0.2, -0.15) is 13.2 Å². The zero-order valence-electron chi connectivity index (χ0n) is 44.6. The second-order valence-electron chi connectivity index (χ2n) is 11.1. The molecule has 1 N–H and O–H groups in total. The Morgan fingerprint density at radius 3 is 2.40 bits per heavy atom. The van der Waals surface area contributed by atoms with Crippen molar-refractivity contribution in [3.8, 4) is 11.1 Å². The number of carbonyl (C=O) groups excluding carboxylic acids is 1. The normalized spacial score (nSPS) is 27.5. The summed E-state index contributed by atoms with van der Waals surface area (Å²) >= 11 is 0.146. The molecule has 12 heteroatoms. The number of likely N-dealkylation sites (tertiary alicyclic amines) is 1. The number of rotatable bonds is 12. The highest BCUT2D eigenvalue weighted by Crippen LogP contribution is 2.41. The zero-order chi connectivity index (χ0) is 52.8. The van der Waals surface area contributed by atoms with Gasteiger partial charge in [-0.25, -0.2) is 8.78 Å². The quantitative estimate of drug-likeness (QED) is 0.147. The van der Waals surface area contributed by atoms with Crippen molar-refractivity contribution in [1.29, 1.82) is 0 Å². The molecule has 6 rings (SSSR count). The Kier molecular flexibility index (Phi) is 6.67. The number of fused-ring (bicyclic) bond motifs is 1. The smallest absolute Gasteiger partial charge is 0.384 e. The summed E-state index contributed by atoms with van der Waals surface area (Å²) in [5.74, 6) is -4.59. The van der Waals surface area contributed by atoms with Crippen LogP contribution in [0.3, 0.4) is 0 Å². The van der Waals surface area contributed by atoms with Crippen molar-refractivity contribution < 1.29 is 61.3 Å². The van der Waals surface area contributed by atoms with Crippen molar-refractivity contribution in [2.24, 2.45) is 0 Å². The fourth-order valence-corrected chi connectivity index (χ4v) is 6.09. The van der Waals surface area contributed by atoms with Gasteiger partial charge in [0.15, 0.2) is 11.6 Å². The number of ether oxygens (including phenoxy) is 1. The Morgan fingerprint density at radius 1 is 1.02 bits per heavy atom. The van der Waals surface area contributed by atoms with Crippen molar-refractivity contribution >= 4 is 23.4 Å². The number of hydrogen-bond acceptors (Lipinski definition) is 6. The second kappa shape index (κ2) is 16.6. The van der Waals surface area contributed by atoms with Gasteiger partial charge in [0.1, 0.15) is 12.6 Å². The topological polar surface area (TPSA) is 56.2 Å². The van der Waals surface area contributed by atoms with Crippen LogP contribution in [-0.4, -0.2) is 66.5 Å². The highest BCUT2D eigenvalue weighted by atomic mass is 32.2. The molecule has 1 fully saturated rings. The number of para-hydroxylation sites is 1. The third-order valence-electron chi connectivity index (χ3n) is 7.82. The summed E-state index contributed by atoms with van der Waals surface area (Å²) in [7, 11) is -3.80. The number of anilines is 1. The summed E-state index contributed by atoms with van der Waals surface area (Å²) < 4.78 is 229. The van der Waals surface area contributed by atoms with Gasteiger partial charge >= 0.3 is 6.18 Å². The fourth-order valence-electron chi connectivity index (χ4n) is 5.24. The molecule has 0 radical (unpaired) electrons. The van der Waals surface area contributed by atoms with Gasteiger partial charge < -0.3 is 24.5 Å². The molecule has 0 aliphatic carbocycles. The number of hydrogen-bond donors (Lipinski definition) is 1. The minimum Gasteiger partial charge on any atom is -0.384 e. The van der Waals surface area contributed by atoms with Crippen molar-refractivity contribution in [3.05, 3.63) is 136 Å². The zero-order valence-corrected chi connectivity index (χ0v) is 27.4. The second-order valence-corrected chi connectivity index (χ2v) is 12.0. The van der Waals surface area contributed by atoms with Gasteiger partial charge in [-0.05, 0) is 59.8 Å². The van der Waals surface area contributed by atoms with E-state index in [1.54, 1.807) is 0 Å². The molecule has 2 heterocycles. The third kappa shape index (κ3) is 8.86. The van der Waals surface area contributed by atoms with Crippen LogP contribution in [0.4, 0.5) is 27.6 Å². The summed E-state index contributed by atoms with van der Waals surface area (Å²) in [6.45, 7) is -20.0. The van der Waals surface area contributed by atoms with Crippen molar-refractivity contribution in [2.45, 2.75) is 43.3 Å². The van der Waals surface area contributed by atoms with Crippen LogP contribution >= 0.6 is 11.8 Å². The van der Waals surface area contributed by atoms with Gasteiger partial charge in [-0.1, -0.05) is 66.7 Å². The fraction of sp³-hybridized carbons (Fsp3) is 0.325. The molecule has 4 aromatic carbocycles. The molecular weight excluding hydrogens is 698 g/mol. The average molecular weight is 756 g/mol. The standard InChI is InChI=1S/C40H40F5N3O3S/c1-51-22-21-46-19-17-32(18-20-46)47(24-27-9-11-28(12-10-27)29-13-15-31(16-14-29)40(43,44)45)37(50)25-48-35-8-3-2-6-33(35)36(49)23-38(48)52-26-30-5-4-7-34(41)39(30)42/h2-16,23,32,36,49H,17-22,24-26H2,1H3/i1D3,17D2,18D2,19D2,20D2,21D2,22D2,26D2,32D. The Hall–Kier alpha value is -4.23.